The Balaban J connectivity index is 2.03. The fourth-order valence-electron chi connectivity index (χ4n) is 2.32. The summed E-state index contributed by atoms with van der Waals surface area (Å²) in [7, 11) is -1.99. The maximum atomic E-state index is 13.0. The molecule has 0 aliphatic carbocycles. The molecule has 0 aliphatic rings. The van der Waals surface area contributed by atoms with Gasteiger partial charge in [-0.15, -0.1) is 0 Å². The second kappa shape index (κ2) is 8.96. The number of anilines is 1. The molecule has 0 aromatic heterocycles. The van der Waals surface area contributed by atoms with Crippen molar-refractivity contribution in [1.29, 1.82) is 0 Å². The fourth-order valence-corrected chi connectivity index (χ4v) is 3.53. The molecule has 0 unspecified atom stereocenters. The number of aryl methyl sites for hydroxylation is 1. The fraction of sp³-hybridized carbons (Fsp3) is 0.316. The number of likely N-dealkylation sites (N-methyl/N-ethyl adjacent to an activating group) is 1. The Morgan fingerprint density at radius 2 is 1.85 bits per heavy atom. The van der Waals surface area contributed by atoms with Gasteiger partial charge in [-0.25, -0.2) is 17.5 Å². The molecular formula is C19H23FN2O4S. The van der Waals surface area contributed by atoms with Crippen LogP contribution in [0.25, 0.3) is 0 Å². The van der Waals surface area contributed by atoms with Crippen LogP contribution in [0.5, 0.6) is 5.75 Å². The van der Waals surface area contributed by atoms with Gasteiger partial charge in [-0.3, -0.25) is 4.79 Å². The van der Waals surface area contributed by atoms with Crippen LogP contribution in [0.3, 0.4) is 0 Å². The Kier molecular flexibility index (Phi) is 6.92. The molecule has 0 aliphatic heterocycles. The summed E-state index contributed by atoms with van der Waals surface area (Å²) in [5.41, 5.74) is 1.15. The van der Waals surface area contributed by atoms with E-state index in [0.29, 0.717) is 30.0 Å². The lowest BCUT2D eigenvalue weighted by atomic mass is 10.2. The highest BCUT2D eigenvalue weighted by Crippen LogP contribution is 2.22. The summed E-state index contributed by atoms with van der Waals surface area (Å²) in [4.78, 5) is 13.8. The molecule has 0 heterocycles. The largest absolute Gasteiger partial charge is 0.483 e. The van der Waals surface area contributed by atoms with Crippen LogP contribution in [0.2, 0.25) is 0 Å². The van der Waals surface area contributed by atoms with Gasteiger partial charge in [0.1, 0.15) is 11.6 Å². The number of amides is 1. The Morgan fingerprint density at radius 1 is 1.19 bits per heavy atom. The molecule has 0 radical (unpaired) electrons. The lowest BCUT2D eigenvalue weighted by Gasteiger charge is -2.18. The molecule has 8 heteroatoms. The van der Waals surface area contributed by atoms with Crippen LogP contribution in [0.1, 0.15) is 18.9 Å². The highest BCUT2D eigenvalue weighted by Gasteiger charge is 2.16. The Labute approximate surface area is 159 Å². The normalized spacial score (nSPS) is 11.3. The lowest BCUT2D eigenvalue weighted by molar-refractivity contribution is -0.120. The monoisotopic (exact) mass is 394 g/mol. The van der Waals surface area contributed by atoms with E-state index in [1.807, 2.05) is 6.92 Å². The van der Waals surface area contributed by atoms with Crippen molar-refractivity contribution in [3.8, 4) is 5.75 Å². The number of hydrogen-bond acceptors (Lipinski definition) is 4. The number of benzene rings is 2. The number of halogens is 1. The van der Waals surface area contributed by atoms with Crippen molar-refractivity contribution in [1.82, 2.24) is 4.72 Å². The summed E-state index contributed by atoms with van der Waals surface area (Å²) in [6.45, 7) is 3.73. The predicted molar refractivity (Wildman–Crippen MR) is 102 cm³/mol. The molecule has 1 N–H and O–H groups in total. The minimum atomic E-state index is -3.56. The van der Waals surface area contributed by atoms with E-state index in [9.17, 15) is 17.6 Å². The zero-order chi connectivity index (χ0) is 20.0. The maximum absolute atomic E-state index is 13.0. The SMILES string of the molecule is CCCNS(=O)(=O)c1ccc(OCC(=O)N(C)c2ccc(F)cc2)c(C)c1. The third-order valence-electron chi connectivity index (χ3n) is 3.94. The number of carbonyl (C=O) groups excluding carboxylic acids is 1. The van der Waals surface area contributed by atoms with Gasteiger partial charge < -0.3 is 9.64 Å². The summed E-state index contributed by atoms with van der Waals surface area (Å²) >= 11 is 0. The van der Waals surface area contributed by atoms with Gasteiger partial charge in [0, 0.05) is 19.3 Å². The first-order chi connectivity index (χ1) is 12.7. The van der Waals surface area contributed by atoms with E-state index in [0.717, 1.165) is 0 Å². The molecular weight excluding hydrogens is 371 g/mol. The second-order valence-electron chi connectivity index (χ2n) is 6.04. The average molecular weight is 394 g/mol. The van der Waals surface area contributed by atoms with Crippen molar-refractivity contribution in [2.24, 2.45) is 0 Å². The minimum Gasteiger partial charge on any atom is -0.483 e. The molecule has 0 spiro atoms. The molecule has 0 fully saturated rings. The van der Waals surface area contributed by atoms with Gasteiger partial charge in [0.25, 0.3) is 5.91 Å². The van der Waals surface area contributed by atoms with Crippen molar-refractivity contribution >= 4 is 21.6 Å². The summed E-state index contributed by atoms with van der Waals surface area (Å²) in [6.07, 6.45) is 0.698. The molecule has 146 valence electrons. The number of nitrogens with zero attached hydrogens (tertiary/aromatic N) is 1. The molecule has 2 aromatic rings. The quantitative estimate of drug-likeness (QED) is 0.747. The first-order valence-corrected chi connectivity index (χ1v) is 9.98. The van der Waals surface area contributed by atoms with Crippen LogP contribution < -0.4 is 14.4 Å². The van der Waals surface area contributed by atoms with Crippen molar-refractivity contribution in [3.63, 3.8) is 0 Å². The van der Waals surface area contributed by atoms with Gasteiger partial charge in [-0.1, -0.05) is 6.92 Å². The minimum absolute atomic E-state index is 0.149. The molecule has 2 aromatic carbocycles. The molecule has 0 saturated carbocycles. The number of sulfonamides is 1. The van der Waals surface area contributed by atoms with E-state index < -0.39 is 10.0 Å². The van der Waals surface area contributed by atoms with Gasteiger partial charge in [-0.05, 0) is 61.4 Å². The zero-order valence-electron chi connectivity index (χ0n) is 15.5. The first kappa shape index (κ1) is 20.9. The van der Waals surface area contributed by atoms with Crippen molar-refractivity contribution in [2.45, 2.75) is 25.2 Å². The second-order valence-corrected chi connectivity index (χ2v) is 7.81. The number of carbonyl (C=O) groups is 1. The van der Waals surface area contributed by atoms with Crippen LogP contribution in [0.15, 0.2) is 47.4 Å². The predicted octanol–water partition coefficient (Wildman–Crippen LogP) is 2.86. The van der Waals surface area contributed by atoms with Gasteiger partial charge in [0.15, 0.2) is 6.61 Å². The van der Waals surface area contributed by atoms with E-state index in [1.54, 1.807) is 14.0 Å². The van der Waals surface area contributed by atoms with Gasteiger partial charge in [0.2, 0.25) is 10.0 Å². The third-order valence-corrected chi connectivity index (χ3v) is 5.40. The maximum Gasteiger partial charge on any atom is 0.264 e. The molecule has 2 rings (SSSR count). The number of hydrogen-bond donors (Lipinski definition) is 1. The first-order valence-electron chi connectivity index (χ1n) is 8.50. The Bertz CT molecular complexity index is 898. The van der Waals surface area contributed by atoms with Crippen LogP contribution in [-0.4, -0.2) is 34.5 Å². The van der Waals surface area contributed by atoms with Crippen LogP contribution in [0.4, 0.5) is 10.1 Å². The highest BCUT2D eigenvalue weighted by atomic mass is 32.2. The standard InChI is InChI=1S/C19H23FN2O4S/c1-4-11-21-27(24,25)17-9-10-18(14(2)12-17)26-13-19(23)22(3)16-7-5-15(20)6-8-16/h5-10,12,21H,4,11,13H2,1-3H3. The average Bonchev–Trinajstić information content (AvgIpc) is 2.65. The van der Waals surface area contributed by atoms with Crippen molar-refractivity contribution < 1.29 is 22.3 Å². The zero-order valence-corrected chi connectivity index (χ0v) is 16.3. The Hall–Kier alpha value is -2.45. The summed E-state index contributed by atoms with van der Waals surface area (Å²) < 4.78 is 45.3. The van der Waals surface area contributed by atoms with Gasteiger partial charge >= 0.3 is 0 Å². The summed E-state index contributed by atoms with van der Waals surface area (Å²) in [5.74, 6) is -0.275. The smallest absolute Gasteiger partial charge is 0.264 e. The molecule has 1 amide bonds. The van der Waals surface area contributed by atoms with Crippen LogP contribution in [0, 0.1) is 12.7 Å². The van der Waals surface area contributed by atoms with Gasteiger partial charge in [-0.2, -0.15) is 0 Å². The number of nitrogens with one attached hydrogen (secondary N) is 1. The number of ether oxygens (including phenoxy) is 1. The summed E-state index contributed by atoms with van der Waals surface area (Å²) in [5, 5.41) is 0. The Morgan fingerprint density at radius 3 is 2.44 bits per heavy atom. The van der Waals surface area contributed by atoms with E-state index >= 15 is 0 Å². The molecule has 0 saturated heterocycles. The van der Waals surface area contributed by atoms with Gasteiger partial charge in [0.05, 0.1) is 4.90 Å². The van der Waals surface area contributed by atoms with Crippen LogP contribution in [-0.2, 0) is 14.8 Å². The van der Waals surface area contributed by atoms with Crippen molar-refractivity contribution in [3.05, 3.63) is 53.8 Å². The van der Waals surface area contributed by atoms with E-state index in [2.05, 4.69) is 4.72 Å². The molecule has 0 bridgehead atoms. The highest BCUT2D eigenvalue weighted by molar-refractivity contribution is 7.89. The third kappa shape index (κ3) is 5.51. The molecule has 0 atom stereocenters. The van der Waals surface area contributed by atoms with Crippen LogP contribution >= 0.6 is 0 Å². The van der Waals surface area contributed by atoms with E-state index in [4.69, 9.17) is 4.74 Å². The topological polar surface area (TPSA) is 75.7 Å². The van der Waals surface area contributed by atoms with E-state index in [1.165, 1.54) is 47.4 Å². The van der Waals surface area contributed by atoms with E-state index in [-0.39, 0.29) is 23.2 Å². The van der Waals surface area contributed by atoms with Crippen molar-refractivity contribution in [2.75, 3.05) is 25.1 Å². The molecule has 6 nitrogen and oxygen atoms in total. The summed E-state index contributed by atoms with van der Waals surface area (Å²) in [6, 6.07) is 10.0. The number of rotatable bonds is 8. The lowest BCUT2D eigenvalue weighted by Crippen LogP contribution is -2.31. The molecule has 27 heavy (non-hydrogen) atoms.